The molecule has 0 aliphatic rings. The van der Waals surface area contributed by atoms with Crippen LogP contribution in [0.25, 0.3) is 0 Å². The van der Waals surface area contributed by atoms with Gasteiger partial charge in [-0.05, 0) is 36.6 Å². The topological polar surface area (TPSA) is 29.1 Å². The SMILES string of the molecule is CCC(C(=O)NC(C)c1ccc(Cl)cc1)c1ccccc1. The van der Waals surface area contributed by atoms with E-state index in [2.05, 4.69) is 5.32 Å². The van der Waals surface area contributed by atoms with Crippen molar-refractivity contribution >= 4 is 17.5 Å². The van der Waals surface area contributed by atoms with E-state index < -0.39 is 0 Å². The molecule has 0 fully saturated rings. The largest absolute Gasteiger partial charge is 0.349 e. The van der Waals surface area contributed by atoms with Crippen LogP contribution in [0.1, 0.15) is 43.4 Å². The number of hydrogen-bond donors (Lipinski definition) is 1. The summed E-state index contributed by atoms with van der Waals surface area (Å²) in [6, 6.07) is 17.4. The Morgan fingerprint density at radius 1 is 1.05 bits per heavy atom. The maximum Gasteiger partial charge on any atom is 0.228 e. The molecule has 2 atom stereocenters. The first-order valence-electron chi connectivity index (χ1n) is 7.22. The predicted molar refractivity (Wildman–Crippen MR) is 87.5 cm³/mol. The Kier molecular flexibility index (Phi) is 5.40. The third kappa shape index (κ3) is 4.08. The minimum absolute atomic E-state index is 0.0347. The number of carbonyl (C=O) groups is 1. The Bertz CT molecular complexity index is 580. The van der Waals surface area contributed by atoms with Gasteiger partial charge in [-0.3, -0.25) is 4.79 Å². The summed E-state index contributed by atoms with van der Waals surface area (Å²) in [4.78, 5) is 12.5. The predicted octanol–water partition coefficient (Wildman–Crippen LogP) is 4.71. The number of nitrogens with one attached hydrogen (secondary N) is 1. The molecule has 0 aliphatic carbocycles. The molecule has 1 N–H and O–H groups in total. The molecule has 2 aromatic rings. The molecule has 0 saturated heterocycles. The lowest BCUT2D eigenvalue weighted by molar-refractivity contribution is -0.123. The number of benzene rings is 2. The van der Waals surface area contributed by atoms with Gasteiger partial charge in [0.2, 0.25) is 5.91 Å². The molecule has 0 bridgehead atoms. The average Bonchev–Trinajstić information content (AvgIpc) is 2.49. The Morgan fingerprint density at radius 2 is 1.67 bits per heavy atom. The van der Waals surface area contributed by atoms with Crippen molar-refractivity contribution in [1.29, 1.82) is 0 Å². The minimum atomic E-state index is -0.110. The molecule has 0 heterocycles. The van der Waals surface area contributed by atoms with Gasteiger partial charge in [0, 0.05) is 5.02 Å². The van der Waals surface area contributed by atoms with Crippen molar-refractivity contribution in [3.63, 3.8) is 0 Å². The zero-order chi connectivity index (χ0) is 15.2. The van der Waals surface area contributed by atoms with Gasteiger partial charge in [0.15, 0.2) is 0 Å². The summed E-state index contributed by atoms with van der Waals surface area (Å²) < 4.78 is 0. The molecule has 0 radical (unpaired) electrons. The first-order valence-corrected chi connectivity index (χ1v) is 7.60. The van der Waals surface area contributed by atoms with E-state index in [1.54, 1.807) is 0 Å². The highest BCUT2D eigenvalue weighted by Gasteiger charge is 2.20. The smallest absolute Gasteiger partial charge is 0.228 e. The first-order chi connectivity index (χ1) is 10.1. The minimum Gasteiger partial charge on any atom is -0.349 e. The fourth-order valence-electron chi connectivity index (χ4n) is 2.41. The van der Waals surface area contributed by atoms with Crippen LogP contribution in [-0.2, 0) is 4.79 Å². The van der Waals surface area contributed by atoms with Gasteiger partial charge in [-0.2, -0.15) is 0 Å². The molecule has 0 aliphatic heterocycles. The molecule has 2 unspecified atom stereocenters. The number of carbonyl (C=O) groups excluding carboxylic acids is 1. The number of hydrogen-bond acceptors (Lipinski definition) is 1. The molecule has 2 aromatic carbocycles. The van der Waals surface area contributed by atoms with Crippen LogP contribution in [0.3, 0.4) is 0 Å². The summed E-state index contributed by atoms with van der Waals surface area (Å²) in [5.41, 5.74) is 2.11. The zero-order valence-electron chi connectivity index (χ0n) is 12.3. The Balaban J connectivity index is 2.07. The Morgan fingerprint density at radius 3 is 2.24 bits per heavy atom. The molecule has 110 valence electrons. The van der Waals surface area contributed by atoms with Gasteiger partial charge < -0.3 is 5.32 Å². The van der Waals surface area contributed by atoms with Crippen LogP contribution in [0.15, 0.2) is 54.6 Å². The quantitative estimate of drug-likeness (QED) is 0.851. The molecule has 2 rings (SSSR count). The second-order valence-electron chi connectivity index (χ2n) is 5.15. The van der Waals surface area contributed by atoms with E-state index in [0.29, 0.717) is 5.02 Å². The molecule has 21 heavy (non-hydrogen) atoms. The van der Waals surface area contributed by atoms with Gasteiger partial charge >= 0.3 is 0 Å². The number of amides is 1. The first kappa shape index (κ1) is 15.6. The summed E-state index contributed by atoms with van der Waals surface area (Å²) in [5, 5.41) is 3.78. The van der Waals surface area contributed by atoms with E-state index in [9.17, 15) is 4.79 Å². The van der Waals surface area contributed by atoms with Gasteiger partial charge in [-0.25, -0.2) is 0 Å². The van der Waals surface area contributed by atoms with E-state index >= 15 is 0 Å². The lowest BCUT2D eigenvalue weighted by Gasteiger charge is -2.20. The highest BCUT2D eigenvalue weighted by atomic mass is 35.5. The monoisotopic (exact) mass is 301 g/mol. The van der Waals surface area contributed by atoms with E-state index in [0.717, 1.165) is 17.5 Å². The van der Waals surface area contributed by atoms with Crippen LogP contribution in [0.2, 0.25) is 5.02 Å². The summed E-state index contributed by atoms with van der Waals surface area (Å²) in [5.74, 6) is -0.0490. The van der Waals surface area contributed by atoms with E-state index in [-0.39, 0.29) is 17.9 Å². The third-order valence-electron chi connectivity index (χ3n) is 3.66. The highest BCUT2D eigenvalue weighted by Crippen LogP contribution is 2.22. The van der Waals surface area contributed by atoms with Gasteiger partial charge in [-0.15, -0.1) is 0 Å². The number of rotatable bonds is 5. The van der Waals surface area contributed by atoms with Crippen LogP contribution >= 0.6 is 11.6 Å². The van der Waals surface area contributed by atoms with Crippen LogP contribution in [0, 0.1) is 0 Å². The van der Waals surface area contributed by atoms with Crippen molar-refractivity contribution in [3.8, 4) is 0 Å². The average molecular weight is 302 g/mol. The van der Waals surface area contributed by atoms with Gasteiger partial charge in [0.1, 0.15) is 0 Å². The zero-order valence-corrected chi connectivity index (χ0v) is 13.1. The fourth-order valence-corrected chi connectivity index (χ4v) is 2.53. The fraction of sp³-hybridized carbons (Fsp3) is 0.278. The van der Waals surface area contributed by atoms with Crippen LogP contribution in [0.4, 0.5) is 0 Å². The summed E-state index contributed by atoms with van der Waals surface area (Å²) in [7, 11) is 0. The second-order valence-corrected chi connectivity index (χ2v) is 5.59. The lowest BCUT2D eigenvalue weighted by Crippen LogP contribution is -2.31. The van der Waals surface area contributed by atoms with Crippen molar-refractivity contribution in [2.24, 2.45) is 0 Å². The van der Waals surface area contributed by atoms with Gasteiger partial charge in [-0.1, -0.05) is 61.0 Å². The van der Waals surface area contributed by atoms with Crippen molar-refractivity contribution in [2.75, 3.05) is 0 Å². The standard InChI is InChI=1S/C18H20ClNO/c1-3-17(15-7-5-4-6-8-15)18(21)20-13(2)14-9-11-16(19)12-10-14/h4-13,17H,3H2,1-2H3,(H,20,21). The maximum atomic E-state index is 12.5. The molecular weight excluding hydrogens is 282 g/mol. The van der Waals surface area contributed by atoms with Gasteiger partial charge in [0.25, 0.3) is 0 Å². The van der Waals surface area contributed by atoms with Crippen molar-refractivity contribution in [2.45, 2.75) is 32.2 Å². The van der Waals surface area contributed by atoms with Gasteiger partial charge in [0.05, 0.1) is 12.0 Å². The lowest BCUT2D eigenvalue weighted by atomic mass is 9.95. The molecule has 1 amide bonds. The van der Waals surface area contributed by atoms with E-state index in [4.69, 9.17) is 11.6 Å². The summed E-state index contributed by atoms with van der Waals surface area (Å²) in [6.07, 6.45) is 0.781. The molecule has 0 aromatic heterocycles. The maximum absolute atomic E-state index is 12.5. The summed E-state index contributed by atoms with van der Waals surface area (Å²) in [6.45, 7) is 4.02. The van der Waals surface area contributed by atoms with Crippen LogP contribution in [-0.4, -0.2) is 5.91 Å². The van der Waals surface area contributed by atoms with Crippen molar-refractivity contribution < 1.29 is 4.79 Å². The van der Waals surface area contributed by atoms with Crippen molar-refractivity contribution in [1.82, 2.24) is 5.32 Å². The van der Waals surface area contributed by atoms with E-state index in [1.807, 2.05) is 68.4 Å². The normalized spacial score (nSPS) is 13.5. The molecular formula is C18H20ClNO. The molecule has 2 nitrogen and oxygen atoms in total. The second kappa shape index (κ2) is 7.28. The van der Waals surface area contributed by atoms with Crippen molar-refractivity contribution in [3.05, 3.63) is 70.7 Å². The van der Waals surface area contributed by atoms with Crippen LogP contribution < -0.4 is 5.32 Å². The number of halogens is 1. The Labute approximate surface area is 131 Å². The van der Waals surface area contributed by atoms with E-state index in [1.165, 1.54) is 0 Å². The Hall–Kier alpha value is -1.80. The molecule has 0 saturated carbocycles. The van der Waals surface area contributed by atoms with Crippen LogP contribution in [0.5, 0.6) is 0 Å². The molecule has 0 spiro atoms. The molecule has 3 heteroatoms. The summed E-state index contributed by atoms with van der Waals surface area (Å²) >= 11 is 5.89. The third-order valence-corrected chi connectivity index (χ3v) is 3.91. The highest BCUT2D eigenvalue weighted by molar-refractivity contribution is 6.30.